The van der Waals surface area contributed by atoms with Gasteiger partial charge in [0.05, 0.1) is 18.6 Å². The summed E-state index contributed by atoms with van der Waals surface area (Å²) in [5.74, 6) is -1.79. The first kappa shape index (κ1) is 21.3. The number of carbonyl (C=O) groups is 1. The number of rotatable bonds is 3. The van der Waals surface area contributed by atoms with Crippen LogP contribution in [0.1, 0.15) is 40.1 Å². The predicted molar refractivity (Wildman–Crippen MR) is 103 cm³/mol. The Kier molecular flexibility index (Phi) is 5.50. The summed E-state index contributed by atoms with van der Waals surface area (Å²) < 4.78 is 11.2. The summed E-state index contributed by atoms with van der Waals surface area (Å²) in [7, 11) is 0. The summed E-state index contributed by atoms with van der Waals surface area (Å²) in [5.41, 5.74) is 0.0178. The van der Waals surface area contributed by atoms with E-state index in [9.17, 15) is 40.5 Å². The lowest BCUT2D eigenvalue weighted by atomic mass is 9.87. The highest BCUT2D eigenvalue weighted by atomic mass is 16.5. The van der Waals surface area contributed by atoms with Crippen LogP contribution < -0.4 is 4.74 Å². The SMILES string of the molecule is O=C1C[C@H](c2ccc(O)cc2)Oc2cc(O)c([C@@H]3O[C@H](CO)[C@H](O)[C@H](O)[C@H]3O)c(O)c21. The highest BCUT2D eigenvalue weighted by Gasteiger charge is 2.47. The molecule has 0 spiro atoms. The molecule has 0 amide bonds. The smallest absolute Gasteiger partial charge is 0.174 e. The van der Waals surface area contributed by atoms with Crippen molar-refractivity contribution in [2.45, 2.75) is 43.0 Å². The van der Waals surface area contributed by atoms with Crippen molar-refractivity contribution in [3.63, 3.8) is 0 Å². The summed E-state index contributed by atoms with van der Waals surface area (Å²) in [6.45, 7) is -0.690. The van der Waals surface area contributed by atoms with E-state index < -0.39 is 60.5 Å². The lowest BCUT2D eigenvalue weighted by Gasteiger charge is -2.40. The van der Waals surface area contributed by atoms with Crippen LogP contribution in [0.25, 0.3) is 0 Å². The molecule has 10 heteroatoms. The first-order valence-corrected chi connectivity index (χ1v) is 9.61. The van der Waals surface area contributed by atoms with Gasteiger partial charge < -0.3 is 45.2 Å². The van der Waals surface area contributed by atoms with Crippen LogP contribution in [-0.2, 0) is 4.74 Å². The van der Waals surface area contributed by atoms with Gasteiger partial charge in [-0.25, -0.2) is 0 Å². The second-order valence-corrected chi connectivity index (χ2v) is 7.61. The van der Waals surface area contributed by atoms with Crippen LogP contribution in [0.2, 0.25) is 0 Å². The van der Waals surface area contributed by atoms with Gasteiger partial charge in [0, 0.05) is 6.07 Å². The summed E-state index contributed by atoms with van der Waals surface area (Å²) >= 11 is 0. The van der Waals surface area contributed by atoms with E-state index in [4.69, 9.17) is 9.47 Å². The molecule has 1 fully saturated rings. The maximum atomic E-state index is 12.8. The fourth-order valence-corrected chi connectivity index (χ4v) is 3.97. The zero-order chi connectivity index (χ0) is 22.4. The van der Waals surface area contributed by atoms with Crippen LogP contribution in [0.3, 0.4) is 0 Å². The number of fused-ring (bicyclic) bond motifs is 1. The van der Waals surface area contributed by atoms with Gasteiger partial charge in [0.25, 0.3) is 0 Å². The average Bonchev–Trinajstić information content (AvgIpc) is 2.73. The number of benzene rings is 2. The molecule has 0 aliphatic carbocycles. The quantitative estimate of drug-likeness (QED) is 0.348. The molecule has 1 saturated heterocycles. The minimum absolute atomic E-state index is 0.0470. The number of ether oxygens (including phenoxy) is 2. The standard InChI is InChI=1S/C21H22O10/c22-7-14-17(26)19(28)20(29)21(31-14)16-11(25)6-13-15(18(16)27)10(24)5-12(30-13)8-1-3-9(23)4-2-8/h1-4,6,12,14,17,19-23,25-29H,5,7H2/t12-,14-,17+,19+,20-,21+/m1/s1. The number of hydrogen-bond acceptors (Lipinski definition) is 10. The van der Waals surface area contributed by atoms with Crippen molar-refractivity contribution in [1.29, 1.82) is 0 Å². The van der Waals surface area contributed by atoms with E-state index in [1.54, 1.807) is 12.1 Å². The van der Waals surface area contributed by atoms with Gasteiger partial charge in [0.2, 0.25) is 0 Å². The summed E-state index contributed by atoms with van der Waals surface area (Å²) in [6, 6.07) is 7.14. The molecule has 2 heterocycles. The van der Waals surface area contributed by atoms with Crippen molar-refractivity contribution in [3.8, 4) is 23.0 Å². The molecule has 10 nitrogen and oxygen atoms in total. The predicted octanol–water partition coefficient (Wildman–Crippen LogP) is 0.0248. The third-order valence-electron chi connectivity index (χ3n) is 5.64. The van der Waals surface area contributed by atoms with Crippen LogP contribution in [-0.4, -0.2) is 72.6 Å². The Hall–Kier alpha value is -2.89. The number of ketones is 1. The summed E-state index contributed by atoms with van der Waals surface area (Å²) in [4.78, 5) is 12.8. The largest absolute Gasteiger partial charge is 0.508 e. The van der Waals surface area contributed by atoms with E-state index in [-0.39, 0.29) is 29.0 Å². The number of Topliss-reactive ketones (excluding diaryl/α,β-unsaturated/α-hetero) is 1. The fourth-order valence-electron chi connectivity index (χ4n) is 3.97. The third-order valence-corrected chi connectivity index (χ3v) is 5.64. The van der Waals surface area contributed by atoms with Gasteiger partial charge in [-0.1, -0.05) is 12.1 Å². The van der Waals surface area contributed by atoms with Gasteiger partial charge in [0.1, 0.15) is 65.2 Å². The Balaban J connectivity index is 1.72. The minimum Gasteiger partial charge on any atom is -0.508 e. The molecule has 0 unspecified atom stereocenters. The Bertz CT molecular complexity index is 987. The highest BCUT2D eigenvalue weighted by molar-refractivity contribution is 6.03. The van der Waals surface area contributed by atoms with E-state index in [1.165, 1.54) is 12.1 Å². The molecule has 7 N–H and O–H groups in total. The molecular weight excluding hydrogens is 412 g/mol. The van der Waals surface area contributed by atoms with E-state index in [1.807, 2.05) is 0 Å². The van der Waals surface area contributed by atoms with Gasteiger partial charge in [-0.3, -0.25) is 4.79 Å². The number of aliphatic hydroxyl groups is 4. The number of aliphatic hydroxyl groups excluding tert-OH is 4. The normalized spacial score (nSPS) is 30.5. The van der Waals surface area contributed by atoms with E-state index in [2.05, 4.69) is 0 Å². The Morgan fingerprint density at radius 1 is 0.968 bits per heavy atom. The van der Waals surface area contributed by atoms with Gasteiger partial charge in [-0.15, -0.1) is 0 Å². The molecule has 2 aliphatic rings. The summed E-state index contributed by atoms with van der Waals surface area (Å²) in [6.07, 6.45) is -8.72. The minimum atomic E-state index is -1.75. The number of carbonyl (C=O) groups excluding carboxylic acids is 1. The topological polar surface area (TPSA) is 177 Å². The first-order valence-electron chi connectivity index (χ1n) is 9.61. The molecule has 31 heavy (non-hydrogen) atoms. The second-order valence-electron chi connectivity index (χ2n) is 7.61. The second kappa shape index (κ2) is 7.98. The molecule has 4 rings (SSSR count). The molecule has 0 saturated carbocycles. The van der Waals surface area contributed by atoms with Gasteiger partial charge >= 0.3 is 0 Å². The molecule has 0 radical (unpaired) electrons. The average molecular weight is 434 g/mol. The molecule has 6 atom stereocenters. The lowest BCUT2D eigenvalue weighted by Crippen LogP contribution is -2.55. The van der Waals surface area contributed by atoms with Crippen molar-refractivity contribution in [2.24, 2.45) is 0 Å². The van der Waals surface area contributed by atoms with Gasteiger partial charge in [-0.2, -0.15) is 0 Å². The van der Waals surface area contributed by atoms with Crippen LogP contribution in [0.5, 0.6) is 23.0 Å². The van der Waals surface area contributed by atoms with E-state index >= 15 is 0 Å². The van der Waals surface area contributed by atoms with Crippen LogP contribution in [0, 0.1) is 0 Å². The molecule has 2 aliphatic heterocycles. The number of hydrogen-bond donors (Lipinski definition) is 7. The molecule has 2 aromatic rings. The van der Waals surface area contributed by atoms with Crippen LogP contribution >= 0.6 is 0 Å². The Morgan fingerprint density at radius 3 is 2.29 bits per heavy atom. The molecule has 2 aromatic carbocycles. The van der Waals surface area contributed by atoms with Gasteiger partial charge in [-0.05, 0) is 17.7 Å². The van der Waals surface area contributed by atoms with E-state index in [0.717, 1.165) is 6.07 Å². The zero-order valence-electron chi connectivity index (χ0n) is 16.1. The Morgan fingerprint density at radius 2 is 1.65 bits per heavy atom. The summed E-state index contributed by atoms with van der Waals surface area (Å²) in [5, 5.41) is 70.4. The molecule has 0 aromatic heterocycles. The molecular formula is C21H22O10. The third kappa shape index (κ3) is 3.58. The maximum absolute atomic E-state index is 12.8. The van der Waals surface area contributed by atoms with Gasteiger partial charge in [0.15, 0.2) is 5.78 Å². The highest BCUT2D eigenvalue weighted by Crippen LogP contribution is 2.49. The fraction of sp³-hybridized carbons (Fsp3) is 0.381. The zero-order valence-corrected chi connectivity index (χ0v) is 16.1. The Labute approximate surface area is 176 Å². The van der Waals surface area contributed by atoms with Crippen molar-refractivity contribution >= 4 is 5.78 Å². The van der Waals surface area contributed by atoms with Crippen molar-refractivity contribution < 1.29 is 50.0 Å². The van der Waals surface area contributed by atoms with Crippen LogP contribution in [0.15, 0.2) is 30.3 Å². The van der Waals surface area contributed by atoms with Crippen molar-refractivity contribution in [2.75, 3.05) is 6.61 Å². The monoisotopic (exact) mass is 434 g/mol. The number of aromatic hydroxyl groups is 3. The maximum Gasteiger partial charge on any atom is 0.174 e. The van der Waals surface area contributed by atoms with Crippen molar-refractivity contribution in [3.05, 3.63) is 47.0 Å². The van der Waals surface area contributed by atoms with E-state index in [0.29, 0.717) is 5.56 Å². The molecule has 166 valence electrons. The van der Waals surface area contributed by atoms with Crippen LogP contribution in [0.4, 0.5) is 0 Å². The lowest BCUT2D eigenvalue weighted by molar-refractivity contribution is -0.232. The first-order chi connectivity index (χ1) is 14.7. The molecule has 0 bridgehead atoms. The number of phenolic OH excluding ortho intramolecular Hbond substituents is 3. The van der Waals surface area contributed by atoms with Crippen molar-refractivity contribution in [1.82, 2.24) is 0 Å². The number of phenols is 3.